The van der Waals surface area contributed by atoms with Gasteiger partial charge in [-0.15, -0.1) is 0 Å². The summed E-state index contributed by atoms with van der Waals surface area (Å²) in [4.78, 5) is 6.78. The molecule has 0 bridgehead atoms. The molecular weight excluding hydrogens is 238 g/mol. The fourth-order valence-electron chi connectivity index (χ4n) is 2.46. The summed E-state index contributed by atoms with van der Waals surface area (Å²) in [6.07, 6.45) is 4.26. The van der Waals surface area contributed by atoms with E-state index in [9.17, 15) is 0 Å². The molecule has 4 heteroatoms. The van der Waals surface area contributed by atoms with Crippen molar-refractivity contribution in [1.82, 2.24) is 10.3 Å². The molecule has 2 rings (SSSR count). The van der Waals surface area contributed by atoms with Crippen LogP contribution < -0.4 is 10.2 Å². The molecule has 106 valence electrons. The van der Waals surface area contributed by atoms with E-state index in [1.165, 1.54) is 11.3 Å². The minimum absolute atomic E-state index is 0.492. The Labute approximate surface area is 116 Å². The molecule has 0 aliphatic carbocycles. The monoisotopic (exact) mass is 263 g/mol. The van der Waals surface area contributed by atoms with Crippen molar-refractivity contribution in [2.75, 3.05) is 31.7 Å². The maximum absolute atomic E-state index is 5.50. The van der Waals surface area contributed by atoms with Crippen molar-refractivity contribution >= 4 is 5.69 Å². The third-order valence-electron chi connectivity index (χ3n) is 3.67. The van der Waals surface area contributed by atoms with Crippen molar-refractivity contribution in [3.8, 4) is 0 Å². The Morgan fingerprint density at radius 1 is 1.53 bits per heavy atom. The van der Waals surface area contributed by atoms with Gasteiger partial charge >= 0.3 is 0 Å². The third kappa shape index (κ3) is 3.67. The molecule has 0 spiro atoms. The zero-order chi connectivity index (χ0) is 13.7. The predicted molar refractivity (Wildman–Crippen MR) is 78.6 cm³/mol. The van der Waals surface area contributed by atoms with E-state index in [0.717, 1.165) is 44.8 Å². The third-order valence-corrected chi connectivity index (χ3v) is 3.67. The summed E-state index contributed by atoms with van der Waals surface area (Å²) in [5.41, 5.74) is 3.63. The molecule has 4 nitrogen and oxygen atoms in total. The molecule has 0 amide bonds. The summed E-state index contributed by atoms with van der Waals surface area (Å²) >= 11 is 0. The molecule has 1 atom stereocenters. The van der Waals surface area contributed by atoms with Crippen molar-refractivity contribution in [2.45, 2.75) is 39.3 Å². The van der Waals surface area contributed by atoms with Gasteiger partial charge in [-0.1, -0.05) is 6.92 Å². The number of aryl methyl sites for hydroxylation is 1. The first-order chi connectivity index (χ1) is 9.22. The number of nitrogens with one attached hydrogen (secondary N) is 1. The second-order valence-electron chi connectivity index (χ2n) is 5.26. The molecule has 0 radical (unpaired) electrons. The molecule has 0 aromatic carbocycles. The van der Waals surface area contributed by atoms with Gasteiger partial charge in [-0.3, -0.25) is 4.98 Å². The quantitative estimate of drug-likeness (QED) is 0.798. The van der Waals surface area contributed by atoms with Crippen LogP contribution in [0.3, 0.4) is 0 Å². The minimum atomic E-state index is 0.492. The van der Waals surface area contributed by atoms with Gasteiger partial charge in [0.1, 0.15) is 0 Å². The summed E-state index contributed by atoms with van der Waals surface area (Å²) in [5, 5.41) is 3.46. The fraction of sp³-hybridized carbons (Fsp3) is 0.667. The largest absolute Gasteiger partial charge is 0.379 e. The normalized spacial score (nSPS) is 18.8. The summed E-state index contributed by atoms with van der Waals surface area (Å²) in [7, 11) is 2.16. The van der Waals surface area contributed by atoms with E-state index < -0.39 is 0 Å². The first-order valence-corrected chi connectivity index (χ1v) is 7.19. The zero-order valence-electron chi connectivity index (χ0n) is 12.3. The van der Waals surface area contributed by atoms with E-state index in [-0.39, 0.29) is 0 Å². The SMILES string of the molecule is CCCNCc1cnc(C)cc1N(C)C1CCOC1. The molecule has 2 heterocycles. The van der Waals surface area contributed by atoms with Crippen LogP contribution in [0.15, 0.2) is 12.3 Å². The van der Waals surface area contributed by atoms with Crippen LogP contribution in [0.2, 0.25) is 0 Å². The average Bonchev–Trinajstić information content (AvgIpc) is 2.94. The molecule has 1 aliphatic heterocycles. The Bertz CT molecular complexity index is 402. The van der Waals surface area contributed by atoms with E-state index in [2.05, 4.69) is 35.2 Å². The van der Waals surface area contributed by atoms with Gasteiger partial charge in [0.2, 0.25) is 0 Å². The molecule has 1 aromatic rings. The van der Waals surface area contributed by atoms with Crippen LogP contribution in [0, 0.1) is 6.92 Å². The summed E-state index contributed by atoms with van der Waals surface area (Å²) in [5.74, 6) is 0. The maximum atomic E-state index is 5.50. The molecule has 1 N–H and O–H groups in total. The molecule has 19 heavy (non-hydrogen) atoms. The van der Waals surface area contributed by atoms with Crippen molar-refractivity contribution in [3.63, 3.8) is 0 Å². The number of hydrogen-bond acceptors (Lipinski definition) is 4. The van der Waals surface area contributed by atoms with Gasteiger partial charge in [-0.05, 0) is 32.4 Å². The van der Waals surface area contributed by atoms with Gasteiger partial charge in [0, 0.05) is 43.3 Å². The topological polar surface area (TPSA) is 37.4 Å². The summed E-state index contributed by atoms with van der Waals surface area (Å²) in [6.45, 7) is 7.87. The lowest BCUT2D eigenvalue weighted by atomic mass is 10.1. The number of nitrogens with zero attached hydrogens (tertiary/aromatic N) is 2. The predicted octanol–water partition coefficient (Wildman–Crippen LogP) is 2.11. The minimum Gasteiger partial charge on any atom is -0.379 e. The van der Waals surface area contributed by atoms with Crippen molar-refractivity contribution < 1.29 is 4.74 Å². The second kappa shape index (κ2) is 6.87. The Kier molecular flexibility index (Phi) is 5.16. The lowest BCUT2D eigenvalue weighted by Gasteiger charge is -2.28. The highest BCUT2D eigenvalue weighted by atomic mass is 16.5. The van der Waals surface area contributed by atoms with Crippen molar-refractivity contribution in [3.05, 3.63) is 23.5 Å². The number of aromatic nitrogens is 1. The Morgan fingerprint density at radius 2 is 2.37 bits per heavy atom. The lowest BCUT2D eigenvalue weighted by molar-refractivity contribution is 0.193. The van der Waals surface area contributed by atoms with Crippen LogP contribution in [-0.2, 0) is 11.3 Å². The average molecular weight is 263 g/mol. The van der Waals surface area contributed by atoms with E-state index in [1.807, 2.05) is 13.1 Å². The fourth-order valence-corrected chi connectivity index (χ4v) is 2.46. The van der Waals surface area contributed by atoms with Crippen molar-refractivity contribution in [1.29, 1.82) is 0 Å². The standard InChI is InChI=1S/C15H25N3O/c1-4-6-16-9-13-10-17-12(2)8-15(13)18(3)14-5-7-19-11-14/h8,10,14,16H,4-7,9,11H2,1-3H3. The molecule has 1 aromatic heterocycles. The molecular formula is C15H25N3O. The van der Waals surface area contributed by atoms with E-state index in [0.29, 0.717) is 6.04 Å². The number of likely N-dealkylation sites (N-methyl/N-ethyl adjacent to an activating group) is 1. The Hall–Kier alpha value is -1.13. The van der Waals surface area contributed by atoms with Crippen LogP contribution in [0.4, 0.5) is 5.69 Å². The Morgan fingerprint density at radius 3 is 3.05 bits per heavy atom. The van der Waals surface area contributed by atoms with E-state index >= 15 is 0 Å². The summed E-state index contributed by atoms with van der Waals surface area (Å²) in [6, 6.07) is 2.67. The van der Waals surface area contributed by atoms with Crippen LogP contribution in [0.5, 0.6) is 0 Å². The van der Waals surface area contributed by atoms with Crippen LogP contribution >= 0.6 is 0 Å². The molecule has 1 aliphatic rings. The van der Waals surface area contributed by atoms with Gasteiger partial charge in [-0.2, -0.15) is 0 Å². The van der Waals surface area contributed by atoms with Crippen LogP contribution in [-0.4, -0.2) is 37.8 Å². The van der Waals surface area contributed by atoms with E-state index in [4.69, 9.17) is 4.74 Å². The Balaban J connectivity index is 2.13. The van der Waals surface area contributed by atoms with Crippen LogP contribution in [0.1, 0.15) is 31.0 Å². The van der Waals surface area contributed by atoms with Gasteiger partial charge in [-0.25, -0.2) is 0 Å². The summed E-state index contributed by atoms with van der Waals surface area (Å²) < 4.78 is 5.50. The van der Waals surface area contributed by atoms with Gasteiger partial charge in [0.05, 0.1) is 12.6 Å². The van der Waals surface area contributed by atoms with Gasteiger partial charge in [0.25, 0.3) is 0 Å². The highest BCUT2D eigenvalue weighted by Crippen LogP contribution is 2.24. The highest BCUT2D eigenvalue weighted by Gasteiger charge is 2.22. The van der Waals surface area contributed by atoms with Crippen molar-refractivity contribution in [2.24, 2.45) is 0 Å². The number of pyridine rings is 1. The zero-order valence-corrected chi connectivity index (χ0v) is 12.3. The maximum Gasteiger partial charge on any atom is 0.0670 e. The number of anilines is 1. The smallest absolute Gasteiger partial charge is 0.0670 e. The van der Waals surface area contributed by atoms with E-state index in [1.54, 1.807) is 0 Å². The van der Waals surface area contributed by atoms with Crippen LogP contribution in [0.25, 0.3) is 0 Å². The number of hydrogen-bond donors (Lipinski definition) is 1. The number of rotatable bonds is 6. The first-order valence-electron chi connectivity index (χ1n) is 7.19. The van der Waals surface area contributed by atoms with Gasteiger partial charge in [0.15, 0.2) is 0 Å². The van der Waals surface area contributed by atoms with Gasteiger partial charge < -0.3 is 15.0 Å². The second-order valence-corrected chi connectivity index (χ2v) is 5.26. The molecule has 1 fully saturated rings. The highest BCUT2D eigenvalue weighted by molar-refractivity contribution is 5.54. The lowest BCUT2D eigenvalue weighted by Crippen LogP contribution is -2.33. The molecule has 1 unspecified atom stereocenters. The number of ether oxygens (including phenoxy) is 1. The molecule has 0 saturated carbocycles. The first kappa shape index (κ1) is 14.3. The molecule has 1 saturated heterocycles.